The van der Waals surface area contributed by atoms with E-state index in [4.69, 9.17) is 0 Å². The molecule has 1 rings (SSSR count). The van der Waals surface area contributed by atoms with Crippen molar-refractivity contribution in [3.63, 3.8) is 0 Å². The standard InChI is InChI=1S/C25H45N3O/c1-3-5-7-9-11-16-21-28(22-17-12-10-8-6-4-2)23-20-26-25(29)27-24-18-14-13-15-19-24/h13-15,18-19H,3-12,16-17,20-23H2,1-2H3,(H2,26,27,29). The van der Waals surface area contributed by atoms with Gasteiger partial charge in [0.2, 0.25) is 0 Å². The molecule has 0 saturated carbocycles. The minimum Gasteiger partial charge on any atom is -0.337 e. The lowest BCUT2D eigenvalue weighted by molar-refractivity contribution is 0.241. The van der Waals surface area contributed by atoms with Crippen LogP contribution in [0, 0.1) is 0 Å². The van der Waals surface area contributed by atoms with Gasteiger partial charge in [-0.15, -0.1) is 0 Å². The zero-order valence-corrected chi connectivity index (χ0v) is 19.1. The number of nitrogens with one attached hydrogen (secondary N) is 2. The lowest BCUT2D eigenvalue weighted by Gasteiger charge is -2.22. The maximum Gasteiger partial charge on any atom is 0.319 e. The molecule has 2 amide bonds. The highest BCUT2D eigenvalue weighted by Crippen LogP contribution is 2.09. The SMILES string of the molecule is CCCCCCCCN(CCCCCCCC)CCNC(=O)Nc1ccccc1. The Kier molecular flexibility index (Phi) is 16.2. The van der Waals surface area contributed by atoms with Crippen molar-refractivity contribution in [2.24, 2.45) is 0 Å². The van der Waals surface area contributed by atoms with E-state index in [2.05, 4.69) is 29.4 Å². The molecule has 0 aromatic heterocycles. The van der Waals surface area contributed by atoms with Gasteiger partial charge in [-0.3, -0.25) is 0 Å². The summed E-state index contributed by atoms with van der Waals surface area (Å²) in [5, 5.41) is 5.90. The Bertz CT molecular complexity index is 476. The fraction of sp³-hybridized carbons (Fsp3) is 0.720. The summed E-state index contributed by atoms with van der Waals surface area (Å²) in [4.78, 5) is 14.6. The van der Waals surface area contributed by atoms with Gasteiger partial charge in [0, 0.05) is 18.8 Å². The Morgan fingerprint density at radius 3 is 1.79 bits per heavy atom. The molecule has 29 heavy (non-hydrogen) atoms. The van der Waals surface area contributed by atoms with E-state index >= 15 is 0 Å². The highest BCUT2D eigenvalue weighted by molar-refractivity contribution is 5.89. The molecule has 4 nitrogen and oxygen atoms in total. The van der Waals surface area contributed by atoms with Crippen molar-refractivity contribution in [2.75, 3.05) is 31.5 Å². The summed E-state index contributed by atoms with van der Waals surface area (Å²) in [5.41, 5.74) is 0.834. The monoisotopic (exact) mass is 403 g/mol. The van der Waals surface area contributed by atoms with E-state index in [0.29, 0.717) is 6.54 Å². The van der Waals surface area contributed by atoms with Crippen LogP contribution in [0.15, 0.2) is 30.3 Å². The Balaban J connectivity index is 2.24. The molecule has 0 bridgehead atoms. The summed E-state index contributed by atoms with van der Waals surface area (Å²) in [6.07, 6.45) is 16.0. The van der Waals surface area contributed by atoms with Gasteiger partial charge >= 0.3 is 6.03 Å². The van der Waals surface area contributed by atoms with Gasteiger partial charge in [0.1, 0.15) is 0 Å². The van der Waals surface area contributed by atoms with Crippen LogP contribution in [-0.4, -0.2) is 37.1 Å². The number of urea groups is 1. The number of hydrogen-bond donors (Lipinski definition) is 2. The Labute approximate surface area is 179 Å². The Morgan fingerprint density at radius 2 is 1.24 bits per heavy atom. The van der Waals surface area contributed by atoms with Gasteiger partial charge in [-0.05, 0) is 38.1 Å². The van der Waals surface area contributed by atoms with Gasteiger partial charge in [-0.25, -0.2) is 4.79 Å². The molecule has 0 unspecified atom stereocenters. The predicted molar refractivity (Wildman–Crippen MR) is 127 cm³/mol. The molecule has 1 aromatic carbocycles. The molecule has 0 aliphatic heterocycles. The van der Waals surface area contributed by atoms with E-state index in [1.807, 2.05) is 30.3 Å². The first-order valence-electron chi connectivity index (χ1n) is 12.1. The fourth-order valence-corrected chi connectivity index (χ4v) is 3.59. The van der Waals surface area contributed by atoms with Crippen LogP contribution >= 0.6 is 0 Å². The number of benzene rings is 1. The van der Waals surface area contributed by atoms with Crippen LogP contribution < -0.4 is 10.6 Å². The zero-order chi connectivity index (χ0) is 21.0. The number of rotatable bonds is 18. The molecule has 0 aliphatic rings. The van der Waals surface area contributed by atoms with Crippen molar-refractivity contribution in [3.05, 3.63) is 30.3 Å². The molecule has 0 saturated heterocycles. The number of nitrogens with zero attached hydrogens (tertiary/aromatic N) is 1. The largest absolute Gasteiger partial charge is 0.337 e. The summed E-state index contributed by atoms with van der Waals surface area (Å²) in [7, 11) is 0. The summed E-state index contributed by atoms with van der Waals surface area (Å²) >= 11 is 0. The smallest absolute Gasteiger partial charge is 0.319 e. The second-order valence-electron chi connectivity index (χ2n) is 8.12. The van der Waals surface area contributed by atoms with E-state index in [1.165, 1.54) is 77.0 Å². The van der Waals surface area contributed by atoms with Gasteiger partial charge < -0.3 is 15.5 Å². The lowest BCUT2D eigenvalue weighted by atomic mass is 10.1. The third-order valence-corrected chi connectivity index (χ3v) is 5.40. The highest BCUT2D eigenvalue weighted by Gasteiger charge is 2.06. The quantitative estimate of drug-likeness (QED) is 0.264. The molecule has 0 heterocycles. The van der Waals surface area contributed by atoms with Crippen LogP contribution in [-0.2, 0) is 0 Å². The van der Waals surface area contributed by atoms with Gasteiger partial charge in [-0.2, -0.15) is 0 Å². The van der Waals surface area contributed by atoms with Crippen LogP contribution in [0.1, 0.15) is 90.9 Å². The molecule has 0 aliphatic carbocycles. The third-order valence-electron chi connectivity index (χ3n) is 5.40. The first kappa shape index (κ1) is 25.5. The normalized spacial score (nSPS) is 11.0. The summed E-state index contributed by atoms with van der Waals surface area (Å²) in [6, 6.07) is 9.50. The number of carbonyl (C=O) groups is 1. The van der Waals surface area contributed by atoms with Gasteiger partial charge in [-0.1, -0.05) is 96.3 Å². The van der Waals surface area contributed by atoms with Crippen LogP contribution in [0.3, 0.4) is 0 Å². The summed E-state index contributed by atoms with van der Waals surface area (Å²) in [6.45, 7) is 8.48. The molecular formula is C25H45N3O. The first-order valence-corrected chi connectivity index (χ1v) is 12.1. The third kappa shape index (κ3) is 15.0. The number of unbranched alkanes of at least 4 members (excludes halogenated alkanes) is 10. The first-order chi connectivity index (χ1) is 14.3. The predicted octanol–water partition coefficient (Wildman–Crippen LogP) is 6.83. The molecule has 0 radical (unpaired) electrons. The van der Waals surface area contributed by atoms with E-state index in [1.54, 1.807) is 0 Å². The maximum absolute atomic E-state index is 12.1. The maximum atomic E-state index is 12.1. The Morgan fingerprint density at radius 1 is 0.724 bits per heavy atom. The molecule has 0 spiro atoms. The zero-order valence-electron chi connectivity index (χ0n) is 19.1. The van der Waals surface area contributed by atoms with Crippen molar-refractivity contribution in [3.8, 4) is 0 Å². The molecule has 1 aromatic rings. The van der Waals surface area contributed by atoms with Crippen LogP contribution in [0.25, 0.3) is 0 Å². The second kappa shape index (κ2) is 18.5. The topological polar surface area (TPSA) is 44.4 Å². The molecule has 2 N–H and O–H groups in total. The van der Waals surface area contributed by atoms with Crippen LogP contribution in [0.4, 0.5) is 10.5 Å². The number of amides is 2. The minimum absolute atomic E-state index is 0.115. The molecular weight excluding hydrogens is 358 g/mol. The number of anilines is 1. The van der Waals surface area contributed by atoms with Crippen LogP contribution in [0.2, 0.25) is 0 Å². The fourth-order valence-electron chi connectivity index (χ4n) is 3.59. The van der Waals surface area contributed by atoms with Gasteiger partial charge in [0.05, 0.1) is 0 Å². The van der Waals surface area contributed by atoms with Gasteiger partial charge in [0.25, 0.3) is 0 Å². The van der Waals surface area contributed by atoms with Crippen molar-refractivity contribution < 1.29 is 4.79 Å². The molecule has 0 fully saturated rings. The minimum atomic E-state index is -0.115. The van der Waals surface area contributed by atoms with E-state index in [0.717, 1.165) is 25.3 Å². The molecule has 0 atom stereocenters. The van der Waals surface area contributed by atoms with Crippen LogP contribution in [0.5, 0.6) is 0 Å². The number of carbonyl (C=O) groups excluding carboxylic acids is 1. The molecule has 166 valence electrons. The number of para-hydroxylation sites is 1. The van der Waals surface area contributed by atoms with Gasteiger partial charge in [0.15, 0.2) is 0 Å². The molecule has 4 heteroatoms. The van der Waals surface area contributed by atoms with E-state index in [-0.39, 0.29) is 6.03 Å². The number of hydrogen-bond acceptors (Lipinski definition) is 2. The lowest BCUT2D eigenvalue weighted by Crippen LogP contribution is -2.37. The van der Waals surface area contributed by atoms with Crippen molar-refractivity contribution in [2.45, 2.75) is 90.9 Å². The highest BCUT2D eigenvalue weighted by atomic mass is 16.2. The summed E-state index contributed by atoms with van der Waals surface area (Å²) < 4.78 is 0. The van der Waals surface area contributed by atoms with E-state index < -0.39 is 0 Å². The second-order valence-corrected chi connectivity index (χ2v) is 8.12. The van der Waals surface area contributed by atoms with E-state index in [9.17, 15) is 4.79 Å². The average Bonchev–Trinajstić information content (AvgIpc) is 2.73. The Hall–Kier alpha value is -1.55. The van der Waals surface area contributed by atoms with Crippen molar-refractivity contribution >= 4 is 11.7 Å². The van der Waals surface area contributed by atoms with Crippen molar-refractivity contribution in [1.82, 2.24) is 10.2 Å². The average molecular weight is 404 g/mol. The summed E-state index contributed by atoms with van der Waals surface area (Å²) in [5.74, 6) is 0. The van der Waals surface area contributed by atoms with Crippen molar-refractivity contribution in [1.29, 1.82) is 0 Å².